The van der Waals surface area contributed by atoms with Gasteiger partial charge in [-0.1, -0.05) is 42.5 Å². The standard InChI is InChI=1S/C22H27F3N4O2/c1-29(2)20(30)15-28-21(26-13-12-17-6-4-3-5-7-17)27-14-18-8-10-19(11-9-18)31-16-22(23,24)25/h3-11H,12-16H2,1-2H3,(H2,26,27,28). The second kappa shape index (κ2) is 11.8. The molecule has 6 nitrogen and oxygen atoms in total. The minimum atomic E-state index is -4.38. The second-order valence-electron chi connectivity index (χ2n) is 7.02. The van der Waals surface area contributed by atoms with Crippen LogP contribution in [0.4, 0.5) is 13.2 Å². The van der Waals surface area contributed by atoms with Crippen LogP contribution in [0.5, 0.6) is 5.75 Å². The zero-order chi connectivity index (χ0) is 22.7. The molecule has 0 saturated heterocycles. The van der Waals surface area contributed by atoms with E-state index < -0.39 is 12.8 Å². The van der Waals surface area contributed by atoms with Crippen molar-refractivity contribution in [3.8, 4) is 5.75 Å². The Balaban J connectivity index is 1.94. The van der Waals surface area contributed by atoms with Crippen LogP contribution in [0.3, 0.4) is 0 Å². The number of amides is 1. The van der Waals surface area contributed by atoms with Gasteiger partial charge in [0, 0.05) is 20.6 Å². The number of carbonyl (C=O) groups is 1. The van der Waals surface area contributed by atoms with E-state index in [0.29, 0.717) is 12.5 Å². The monoisotopic (exact) mass is 436 g/mol. The molecule has 2 N–H and O–H groups in total. The number of hydrogen-bond acceptors (Lipinski definition) is 3. The van der Waals surface area contributed by atoms with Gasteiger partial charge in [0.25, 0.3) is 0 Å². The number of aliphatic imine (C=N–C) groups is 1. The Morgan fingerprint density at radius 2 is 1.68 bits per heavy atom. The predicted molar refractivity (Wildman–Crippen MR) is 114 cm³/mol. The van der Waals surface area contributed by atoms with Gasteiger partial charge in [0.1, 0.15) is 5.75 Å². The fourth-order valence-electron chi connectivity index (χ4n) is 2.49. The third-order valence-corrected chi connectivity index (χ3v) is 4.20. The number of carbonyl (C=O) groups excluding carboxylic acids is 1. The molecule has 168 valence electrons. The van der Waals surface area contributed by atoms with Gasteiger partial charge in [-0.25, -0.2) is 4.99 Å². The van der Waals surface area contributed by atoms with Gasteiger partial charge in [-0.2, -0.15) is 13.2 Å². The lowest BCUT2D eigenvalue weighted by Crippen LogP contribution is -2.43. The van der Waals surface area contributed by atoms with Crippen molar-refractivity contribution in [3.05, 3.63) is 65.7 Å². The molecule has 0 aliphatic heterocycles. The van der Waals surface area contributed by atoms with E-state index in [9.17, 15) is 18.0 Å². The number of alkyl halides is 3. The summed E-state index contributed by atoms with van der Waals surface area (Å²) in [6.07, 6.45) is -3.59. The van der Waals surface area contributed by atoms with E-state index in [-0.39, 0.29) is 24.7 Å². The van der Waals surface area contributed by atoms with Crippen molar-refractivity contribution >= 4 is 11.9 Å². The molecule has 0 heterocycles. The van der Waals surface area contributed by atoms with Crippen molar-refractivity contribution in [2.75, 3.05) is 33.8 Å². The van der Waals surface area contributed by atoms with Crippen molar-refractivity contribution in [2.45, 2.75) is 19.1 Å². The molecule has 0 unspecified atom stereocenters. The topological polar surface area (TPSA) is 66.0 Å². The van der Waals surface area contributed by atoms with Gasteiger partial charge in [-0.15, -0.1) is 0 Å². The van der Waals surface area contributed by atoms with Gasteiger partial charge >= 0.3 is 6.18 Å². The number of benzene rings is 2. The van der Waals surface area contributed by atoms with E-state index in [2.05, 4.69) is 15.6 Å². The van der Waals surface area contributed by atoms with Crippen molar-refractivity contribution < 1.29 is 22.7 Å². The Bertz CT molecular complexity index is 838. The van der Waals surface area contributed by atoms with E-state index >= 15 is 0 Å². The Morgan fingerprint density at radius 1 is 1.00 bits per heavy atom. The highest BCUT2D eigenvalue weighted by Gasteiger charge is 2.28. The maximum atomic E-state index is 12.2. The second-order valence-corrected chi connectivity index (χ2v) is 7.02. The Morgan fingerprint density at radius 3 is 2.29 bits per heavy atom. The molecular weight excluding hydrogens is 409 g/mol. The van der Waals surface area contributed by atoms with Gasteiger partial charge in [0.2, 0.25) is 5.91 Å². The van der Waals surface area contributed by atoms with Crippen LogP contribution in [0.1, 0.15) is 11.1 Å². The van der Waals surface area contributed by atoms with Crippen LogP contribution in [0.15, 0.2) is 59.6 Å². The number of hydrogen-bond donors (Lipinski definition) is 2. The molecule has 0 saturated carbocycles. The summed E-state index contributed by atoms with van der Waals surface area (Å²) in [7, 11) is 3.35. The fourth-order valence-corrected chi connectivity index (χ4v) is 2.49. The minimum Gasteiger partial charge on any atom is -0.484 e. The molecule has 0 spiro atoms. The SMILES string of the molecule is CN(C)C(=O)CNC(=NCc1ccc(OCC(F)(F)F)cc1)NCCc1ccccc1. The third-order valence-electron chi connectivity index (χ3n) is 4.20. The third kappa shape index (κ3) is 9.88. The smallest absolute Gasteiger partial charge is 0.422 e. The number of nitrogens with one attached hydrogen (secondary N) is 2. The summed E-state index contributed by atoms with van der Waals surface area (Å²) in [6.45, 7) is -0.329. The van der Waals surface area contributed by atoms with Crippen molar-refractivity contribution in [3.63, 3.8) is 0 Å². The molecule has 0 radical (unpaired) electrons. The summed E-state index contributed by atoms with van der Waals surface area (Å²) in [5.41, 5.74) is 1.97. The zero-order valence-corrected chi connectivity index (χ0v) is 17.6. The molecule has 1 amide bonds. The first kappa shape index (κ1) is 24.0. The predicted octanol–water partition coefficient (Wildman–Crippen LogP) is 2.99. The first-order chi connectivity index (χ1) is 14.7. The fraction of sp³-hybridized carbons (Fsp3) is 0.364. The number of nitrogens with zero attached hydrogens (tertiary/aromatic N) is 2. The lowest BCUT2D eigenvalue weighted by molar-refractivity contribution is -0.153. The molecule has 0 aliphatic rings. The van der Waals surface area contributed by atoms with E-state index in [0.717, 1.165) is 12.0 Å². The number of rotatable bonds is 9. The average Bonchev–Trinajstić information content (AvgIpc) is 2.74. The number of likely N-dealkylation sites (N-methyl/N-ethyl adjacent to an activating group) is 1. The normalized spacial score (nSPS) is 11.7. The van der Waals surface area contributed by atoms with Crippen LogP contribution in [0.2, 0.25) is 0 Å². The molecule has 0 fully saturated rings. The minimum absolute atomic E-state index is 0.0917. The van der Waals surface area contributed by atoms with Gasteiger partial charge in [0.15, 0.2) is 12.6 Å². The Labute approximate surface area is 180 Å². The van der Waals surface area contributed by atoms with Crippen LogP contribution in [-0.4, -0.2) is 56.7 Å². The average molecular weight is 436 g/mol. The van der Waals surface area contributed by atoms with Crippen LogP contribution >= 0.6 is 0 Å². The van der Waals surface area contributed by atoms with E-state index in [4.69, 9.17) is 4.74 Å². The van der Waals surface area contributed by atoms with E-state index in [1.165, 1.54) is 22.6 Å². The number of ether oxygens (including phenoxy) is 1. The summed E-state index contributed by atoms with van der Waals surface area (Å²) < 4.78 is 41.4. The highest BCUT2D eigenvalue weighted by Crippen LogP contribution is 2.19. The molecule has 0 aromatic heterocycles. The van der Waals surface area contributed by atoms with Gasteiger partial charge in [0.05, 0.1) is 13.1 Å². The van der Waals surface area contributed by atoms with E-state index in [1.54, 1.807) is 26.2 Å². The van der Waals surface area contributed by atoms with E-state index in [1.807, 2.05) is 30.3 Å². The highest BCUT2D eigenvalue weighted by atomic mass is 19.4. The molecule has 2 aromatic rings. The number of guanidine groups is 1. The molecule has 9 heteroatoms. The maximum absolute atomic E-state index is 12.2. The van der Waals surface area contributed by atoms with Crippen LogP contribution in [0.25, 0.3) is 0 Å². The quantitative estimate of drug-likeness (QED) is 0.469. The molecule has 31 heavy (non-hydrogen) atoms. The molecule has 2 rings (SSSR count). The summed E-state index contributed by atoms with van der Waals surface area (Å²) >= 11 is 0. The Kier molecular flexibility index (Phi) is 9.17. The zero-order valence-electron chi connectivity index (χ0n) is 17.6. The first-order valence-electron chi connectivity index (χ1n) is 9.78. The first-order valence-corrected chi connectivity index (χ1v) is 9.78. The summed E-state index contributed by atoms with van der Waals surface area (Å²) in [5.74, 6) is 0.522. The summed E-state index contributed by atoms with van der Waals surface area (Å²) in [6, 6.07) is 16.2. The lowest BCUT2D eigenvalue weighted by atomic mass is 10.1. The summed E-state index contributed by atoms with van der Waals surface area (Å²) in [4.78, 5) is 17.8. The van der Waals surface area contributed by atoms with Crippen molar-refractivity contribution in [1.29, 1.82) is 0 Å². The highest BCUT2D eigenvalue weighted by molar-refractivity contribution is 5.86. The molecule has 0 atom stereocenters. The van der Waals surface area contributed by atoms with Gasteiger partial charge in [-0.05, 0) is 29.7 Å². The lowest BCUT2D eigenvalue weighted by Gasteiger charge is -2.15. The van der Waals surface area contributed by atoms with Crippen LogP contribution in [-0.2, 0) is 17.8 Å². The van der Waals surface area contributed by atoms with Gasteiger partial charge in [-0.3, -0.25) is 4.79 Å². The molecule has 0 aliphatic carbocycles. The van der Waals surface area contributed by atoms with Gasteiger partial charge < -0.3 is 20.3 Å². The molecular formula is C22H27F3N4O2. The molecule has 2 aromatic carbocycles. The Hall–Kier alpha value is -3.23. The maximum Gasteiger partial charge on any atom is 0.422 e. The van der Waals surface area contributed by atoms with Crippen LogP contribution < -0.4 is 15.4 Å². The van der Waals surface area contributed by atoms with Crippen molar-refractivity contribution in [2.24, 2.45) is 4.99 Å². The van der Waals surface area contributed by atoms with Crippen LogP contribution in [0, 0.1) is 0 Å². The summed E-state index contributed by atoms with van der Waals surface area (Å²) in [5, 5.41) is 6.20. The number of halogens is 3. The molecule has 0 bridgehead atoms. The van der Waals surface area contributed by atoms with Crippen molar-refractivity contribution in [1.82, 2.24) is 15.5 Å². The largest absolute Gasteiger partial charge is 0.484 e.